The van der Waals surface area contributed by atoms with E-state index in [1.165, 1.54) is 0 Å². The van der Waals surface area contributed by atoms with Crippen LogP contribution in [0.3, 0.4) is 0 Å². The molecule has 0 unspecified atom stereocenters. The number of hydrogen-bond donors (Lipinski definition) is 1. The summed E-state index contributed by atoms with van der Waals surface area (Å²) in [5.41, 5.74) is -2.53. The number of alkyl halides is 6. The Kier molecular flexibility index (Phi) is 4.72. The van der Waals surface area contributed by atoms with Gasteiger partial charge in [0.1, 0.15) is 0 Å². The van der Waals surface area contributed by atoms with E-state index in [0.717, 1.165) is 0 Å². The van der Waals surface area contributed by atoms with E-state index < -0.39 is 23.5 Å². The summed E-state index contributed by atoms with van der Waals surface area (Å²) in [6.07, 6.45) is -8.76. The first-order chi connectivity index (χ1) is 10.1. The second kappa shape index (κ2) is 6.08. The molecular formula is C14H15F6NO. The van der Waals surface area contributed by atoms with Gasteiger partial charge in [-0.25, -0.2) is 0 Å². The third-order valence-electron chi connectivity index (χ3n) is 3.76. The smallest absolute Gasteiger partial charge is 0.396 e. The first-order valence-electron chi connectivity index (χ1n) is 6.72. The Bertz CT molecular complexity index is 525. The van der Waals surface area contributed by atoms with Gasteiger partial charge in [-0.3, -0.25) is 4.90 Å². The molecule has 1 aromatic carbocycles. The molecule has 1 fully saturated rings. The molecule has 1 N–H and O–H groups in total. The normalized spacial score (nSPS) is 20.6. The van der Waals surface area contributed by atoms with Crippen molar-refractivity contribution in [1.29, 1.82) is 0 Å². The standard InChI is InChI=1S/C14H15F6NO/c15-13(16,17)11-1-2-12(14(18,19)20)10(5-11)7-21-4-3-9(6-21)8-22/h1-2,5,9,22H,3-4,6-8H2/t9-/m0/s1. The van der Waals surface area contributed by atoms with Gasteiger partial charge >= 0.3 is 12.4 Å². The van der Waals surface area contributed by atoms with Gasteiger partial charge in [-0.05, 0) is 42.6 Å². The third-order valence-corrected chi connectivity index (χ3v) is 3.76. The Morgan fingerprint density at radius 2 is 1.77 bits per heavy atom. The van der Waals surface area contributed by atoms with Crippen LogP contribution < -0.4 is 0 Å². The average Bonchev–Trinajstić information content (AvgIpc) is 2.84. The van der Waals surface area contributed by atoms with Crippen LogP contribution in [0.25, 0.3) is 0 Å². The summed E-state index contributed by atoms with van der Waals surface area (Å²) in [5.74, 6) is -0.0415. The van der Waals surface area contributed by atoms with Gasteiger partial charge in [0.2, 0.25) is 0 Å². The van der Waals surface area contributed by atoms with Crippen molar-refractivity contribution in [2.24, 2.45) is 5.92 Å². The topological polar surface area (TPSA) is 23.5 Å². The minimum Gasteiger partial charge on any atom is -0.396 e. The molecule has 0 amide bonds. The van der Waals surface area contributed by atoms with Crippen molar-refractivity contribution in [2.75, 3.05) is 19.7 Å². The van der Waals surface area contributed by atoms with Crippen LogP contribution in [0.15, 0.2) is 18.2 Å². The predicted molar refractivity (Wildman–Crippen MR) is 66.9 cm³/mol. The summed E-state index contributed by atoms with van der Waals surface area (Å²) in [5, 5.41) is 9.03. The lowest BCUT2D eigenvalue weighted by Gasteiger charge is -2.20. The number of benzene rings is 1. The zero-order valence-electron chi connectivity index (χ0n) is 11.5. The van der Waals surface area contributed by atoms with Gasteiger partial charge in [0, 0.05) is 19.7 Å². The van der Waals surface area contributed by atoms with Gasteiger partial charge in [0.25, 0.3) is 0 Å². The quantitative estimate of drug-likeness (QED) is 0.859. The summed E-state index contributed by atoms with van der Waals surface area (Å²) >= 11 is 0. The van der Waals surface area contributed by atoms with Crippen LogP contribution in [-0.2, 0) is 18.9 Å². The van der Waals surface area contributed by atoms with E-state index >= 15 is 0 Å². The summed E-state index contributed by atoms with van der Waals surface area (Å²) < 4.78 is 77.0. The van der Waals surface area contributed by atoms with E-state index in [-0.39, 0.29) is 24.6 Å². The molecule has 1 atom stereocenters. The van der Waals surface area contributed by atoms with Crippen LogP contribution in [0.2, 0.25) is 0 Å². The van der Waals surface area contributed by atoms with E-state index in [9.17, 15) is 26.3 Å². The monoisotopic (exact) mass is 327 g/mol. The summed E-state index contributed by atoms with van der Waals surface area (Å²) in [6.45, 7) is 0.545. The van der Waals surface area contributed by atoms with Gasteiger partial charge in [0.05, 0.1) is 11.1 Å². The Morgan fingerprint density at radius 1 is 1.09 bits per heavy atom. The molecule has 1 aliphatic heterocycles. The molecule has 1 heterocycles. The summed E-state index contributed by atoms with van der Waals surface area (Å²) in [6, 6.07) is 1.50. The SMILES string of the molecule is OC[C@H]1CCN(Cc2cc(C(F)(F)F)ccc2C(F)(F)F)C1. The molecule has 22 heavy (non-hydrogen) atoms. The highest BCUT2D eigenvalue weighted by Gasteiger charge is 2.37. The minimum atomic E-state index is -4.70. The van der Waals surface area contributed by atoms with E-state index in [2.05, 4.69) is 0 Å². The molecule has 0 radical (unpaired) electrons. The first-order valence-corrected chi connectivity index (χ1v) is 6.72. The number of likely N-dealkylation sites (tertiary alicyclic amines) is 1. The average molecular weight is 327 g/mol. The molecule has 1 aliphatic rings. The minimum absolute atomic E-state index is 0.0415. The van der Waals surface area contributed by atoms with Crippen molar-refractivity contribution in [3.05, 3.63) is 34.9 Å². The van der Waals surface area contributed by atoms with Crippen molar-refractivity contribution >= 4 is 0 Å². The number of aliphatic hydroxyl groups is 1. The maximum absolute atomic E-state index is 13.0. The second-order valence-electron chi connectivity index (χ2n) is 5.44. The van der Waals surface area contributed by atoms with E-state index in [0.29, 0.717) is 37.7 Å². The van der Waals surface area contributed by atoms with Gasteiger partial charge < -0.3 is 5.11 Å². The lowest BCUT2D eigenvalue weighted by molar-refractivity contribution is -0.142. The lowest BCUT2D eigenvalue weighted by Crippen LogP contribution is -2.23. The maximum atomic E-state index is 13.0. The van der Waals surface area contributed by atoms with Crippen molar-refractivity contribution in [3.63, 3.8) is 0 Å². The molecule has 0 aromatic heterocycles. The number of hydrogen-bond acceptors (Lipinski definition) is 2. The summed E-state index contributed by atoms with van der Waals surface area (Å²) in [4.78, 5) is 1.63. The van der Waals surface area contributed by atoms with E-state index in [4.69, 9.17) is 5.11 Å². The van der Waals surface area contributed by atoms with Gasteiger partial charge in [0.15, 0.2) is 0 Å². The molecular weight excluding hydrogens is 312 g/mol. The molecule has 2 rings (SSSR count). The molecule has 0 aliphatic carbocycles. The fourth-order valence-electron chi connectivity index (χ4n) is 2.62. The molecule has 0 saturated carbocycles. The van der Waals surface area contributed by atoms with Crippen LogP contribution in [-0.4, -0.2) is 29.7 Å². The molecule has 1 saturated heterocycles. The Balaban J connectivity index is 2.30. The van der Waals surface area contributed by atoms with Crippen molar-refractivity contribution in [2.45, 2.75) is 25.3 Å². The molecule has 8 heteroatoms. The van der Waals surface area contributed by atoms with Crippen molar-refractivity contribution in [1.82, 2.24) is 4.90 Å². The molecule has 2 nitrogen and oxygen atoms in total. The van der Waals surface area contributed by atoms with Gasteiger partial charge in [-0.2, -0.15) is 26.3 Å². The van der Waals surface area contributed by atoms with Crippen LogP contribution in [0.4, 0.5) is 26.3 Å². The second-order valence-corrected chi connectivity index (χ2v) is 5.44. The highest BCUT2D eigenvalue weighted by atomic mass is 19.4. The van der Waals surface area contributed by atoms with Crippen LogP contribution in [0.5, 0.6) is 0 Å². The largest absolute Gasteiger partial charge is 0.416 e. The van der Waals surface area contributed by atoms with Crippen molar-refractivity contribution in [3.8, 4) is 0 Å². The maximum Gasteiger partial charge on any atom is 0.416 e. The highest BCUT2D eigenvalue weighted by Crippen LogP contribution is 2.37. The number of aliphatic hydroxyl groups excluding tert-OH is 1. The molecule has 0 bridgehead atoms. The molecule has 1 aromatic rings. The Hall–Kier alpha value is -1.28. The zero-order chi connectivity index (χ0) is 16.5. The van der Waals surface area contributed by atoms with Crippen molar-refractivity contribution < 1.29 is 31.4 Å². The van der Waals surface area contributed by atoms with E-state index in [1.807, 2.05) is 0 Å². The Labute approximate surface area is 123 Å². The van der Waals surface area contributed by atoms with Crippen LogP contribution in [0, 0.1) is 5.92 Å². The molecule has 0 spiro atoms. The predicted octanol–water partition coefficient (Wildman–Crippen LogP) is 3.54. The zero-order valence-corrected chi connectivity index (χ0v) is 11.5. The lowest BCUT2D eigenvalue weighted by atomic mass is 10.0. The van der Waals surface area contributed by atoms with Crippen LogP contribution >= 0.6 is 0 Å². The van der Waals surface area contributed by atoms with Gasteiger partial charge in [-0.15, -0.1) is 0 Å². The van der Waals surface area contributed by atoms with Gasteiger partial charge in [-0.1, -0.05) is 0 Å². The van der Waals surface area contributed by atoms with Crippen LogP contribution in [0.1, 0.15) is 23.1 Å². The highest BCUT2D eigenvalue weighted by molar-refractivity contribution is 5.35. The third kappa shape index (κ3) is 3.92. The summed E-state index contributed by atoms with van der Waals surface area (Å²) in [7, 11) is 0. The number of rotatable bonds is 3. The molecule has 124 valence electrons. The van der Waals surface area contributed by atoms with E-state index in [1.54, 1.807) is 4.90 Å². The fraction of sp³-hybridized carbons (Fsp3) is 0.571. The Morgan fingerprint density at radius 3 is 2.27 bits per heavy atom. The number of halogens is 6. The number of nitrogens with zero attached hydrogens (tertiary/aromatic N) is 1. The fourth-order valence-corrected chi connectivity index (χ4v) is 2.62. The first kappa shape index (κ1) is 17.1.